The van der Waals surface area contributed by atoms with Crippen LogP contribution in [0.4, 0.5) is 0 Å². The van der Waals surface area contributed by atoms with E-state index in [4.69, 9.17) is 4.74 Å². The molecule has 0 unspecified atom stereocenters. The Morgan fingerprint density at radius 1 is 1.50 bits per heavy atom. The van der Waals surface area contributed by atoms with Crippen LogP contribution >= 0.6 is 11.8 Å². The highest BCUT2D eigenvalue weighted by atomic mass is 32.2. The van der Waals surface area contributed by atoms with E-state index in [9.17, 15) is 0 Å². The smallest absolute Gasteiger partial charge is 0.0587 e. The number of ether oxygens (including phenoxy) is 1. The van der Waals surface area contributed by atoms with Crippen LogP contribution in [-0.4, -0.2) is 36.8 Å². The first kappa shape index (κ1) is 13.6. The lowest BCUT2D eigenvalue weighted by Crippen LogP contribution is -2.18. The van der Waals surface area contributed by atoms with E-state index in [0.29, 0.717) is 0 Å². The summed E-state index contributed by atoms with van der Waals surface area (Å²) in [5.41, 5.74) is 1.35. The fourth-order valence-electron chi connectivity index (χ4n) is 1.53. The largest absolute Gasteiger partial charge is 0.383 e. The molecule has 0 radical (unpaired) electrons. The first-order valence-corrected chi connectivity index (χ1v) is 7.09. The summed E-state index contributed by atoms with van der Waals surface area (Å²) in [5.74, 6) is 1.24. The van der Waals surface area contributed by atoms with E-state index in [0.717, 1.165) is 26.2 Å². The van der Waals surface area contributed by atoms with Gasteiger partial charge < -0.3 is 14.6 Å². The number of aryl methyl sites for hydroxylation is 1. The maximum absolute atomic E-state index is 4.98. The van der Waals surface area contributed by atoms with Gasteiger partial charge in [-0.25, -0.2) is 0 Å². The third-order valence-corrected chi connectivity index (χ3v) is 3.09. The van der Waals surface area contributed by atoms with Gasteiger partial charge in [0.25, 0.3) is 0 Å². The van der Waals surface area contributed by atoms with Gasteiger partial charge in [0.2, 0.25) is 0 Å². The molecule has 0 fully saturated rings. The van der Waals surface area contributed by atoms with Crippen LogP contribution < -0.4 is 5.32 Å². The number of aromatic nitrogens is 1. The van der Waals surface area contributed by atoms with Gasteiger partial charge in [0, 0.05) is 39.1 Å². The topological polar surface area (TPSA) is 26.2 Å². The van der Waals surface area contributed by atoms with Crippen LogP contribution in [0.1, 0.15) is 12.0 Å². The van der Waals surface area contributed by atoms with E-state index in [2.05, 4.69) is 34.6 Å². The number of hydrogen-bond acceptors (Lipinski definition) is 3. The van der Waals surface area contributed by atoms with E-state index >= 15 is 0 Å². The average Bonchev–Trinajstić information content (AvgIpc) is 2.73. The second-order valence-corrected chi connectivity index (χ2v) is 4.76. The van der Waals surface area contributed by atoms with E-state index < -0.39 is 0 Å². The molecule has 92 valence electrons. The predicted octanol–water partition coefficient (Wildman–Crippen LogP) is 1.98. The van der Waals surface area contributed by atoms with Gasteiger partial charge in [-0.05, 0) is 30.1 Å². The molecule has 16 heavy (non-hydrogen) atoms. The molecule has 0 bridgehead atoms. The Kier molecular flexibility index (Phi) is 7.38. The van der Waals surface area contributed by atoms with Crippen molar-refractivity contribution in [2.24, 2.45) is 0 Å². The lowest BCUT2D eigenvalue weighted by Gasteiger charge is -2.02. The van der Waals surface area contributed by atoms with Crippen LogP contribution in [0.3, 0.4) is 0 Å². The summed E-state index contributed by atoms with van der Waals surface area (Å²) in [6.07, 6.45) is 7.78. The number of methoxy groups -OCH3 is 1. The highest BCUT2D eigenvalue weighted by Gasteiger charge is 1.96. The Bertz CT molecular complexity index is 276. The molecule has 1 heterocycles. The van der Waals surface area contributed by atoms with Crippen LogP contribution in [0.2, 0.25) is 0 Å². The van der Waals surface area contributed by atoms with Crippen LogP contribution in [-0.2, 0) is 17.8 Å². The van der Waals surface area contributed by atoms with Gasteiger partial charge in [0.1, 0.15) is 0 Å². The summed E-state index contributed by atoms with van der Waals surface area (Å²) >= 11 is 1.91. The fourth-order valence-corrected chi connectivity index (χ4v) is 1.95. The maximum Gasteiger partial charge on any atom is 0.0587 e. The lowest BCUT2D eigenvalue weighted by atomic mass is 10.3. The van der Waals surface area contributed by atoms with E-state index in [1.807, 2.05) is 11.8 Å². The van der Waals surface area contributed by atoms with Gasteiger partial charge in [0.15, 0.2) is 0 Å². The van der Waals surface area contributed by atoms with Gasteiger partial charge in [-0.3, -0.25) is 0 Å². The standard InChI is InChI=1S/C12H22N2OS/c1-15-8-5-13-10-12-4-7-14(11-12)6-3-9-16-2/h4,7,11,13H,3,5-6,8-10H2,1-2H3. The molecule has 1 aromatic heterocycles. The Balaban J connectivity index is 2.17. The van der Waals surface area contributed by atoms with Crippen molar-refractivity contribution in [1.82, 2.24) is 9.88 Å². The van der Waals surface area contributed by atoms with E-state index in [1.165, 1.54) is 17.7 Å². The summed E-state index contributed by atoms with van der Waals surface area (Å²) in [4.78, 5) is 0. The van der Waals surface area contributed by atoms with Gasteiger partial charge in [-0.2, -0.15) is 11.8 Å². The molecule has 0 saturated heterocycles. The molecule has 4 heteroatoms. The number of nitrogens with zero attached hydrogens (tertiary/aromatic N) is 1. The minimum absolute atomic E-state index is 0.772. The quantitative estimate of drug-likeness (QED) is 0.671. The fraction of sp³-hybridized carbons (Fsp3) is 0.667. The van der Waals surface area contributed by atoms with Crippen molar-refractivity contribution in [3.8, 4) is 0 Å². The number of thioether (sulfide) groups is 1. The van der Waals surface area contributed by atoms with Crippen LogP contribution in [0.5, 0.6) is 0 Å². The highest BCUT2D eigenvalue weighted by molar-refractivity contribution is 7.98. The highest BCUT2D eigenvalue weighted by Crippen LogP contribution is 2.04. The molecular formula is C12H22N2OS. The van der Waals surface area contributed by atoms with Crippen LogP contribution in [0.25, 0.3) is 0 Å². The molecule has 0 saturated carbocycles. The summed E-state index contributed by atoms with van der Waals surface area (Å²) in [6, 6.07) is 2.18. The number of nitrogens with one attached hydrogen (secondary N) is 1. The van der Waals surface area contributed by atoms with Crippen molar-refractivity contribution in [2.45, 2.75) is 19.5 Å². The van der Waals surface area contributed by atoms with Crippen LogP contribution in [0.15, 0.2) is 18.5 Å². The molecule has 0 aromatic carbocycles. The molecule has 1 N–H and O–H groups in total. The minimum Gasteiger partial charge on any atom is -0.383 e. The zero-order valence-electron chi connectivity index (χ0n) is 10.2. The molecule has 0 amide bonds. The Hall–Kier alpha value is -0.450. The third-order valence-electron chi connectivity index (χ3n) is 2.39. The Labute approximate surface area is 103 Å². The predicted molar refractivity (Wildman–Crippen MR) is 71.0 cm³/mol. The van der Waals surface area contributed by atoms with Crippen molar-refractivity contribution >= 4 is 11.8 Å². The summed E-state index contributed by atoms with van der Waals surface area (Å²) in [5, 5.41) is 3.34. The van der Waals surface area contributed by atoms with Crippen molar-refractivity contribution in [3.63, 3.8) is 0 Å². The molecule has 0 aliphatic carbocycles. The molecule has 3 nitrogen and oxygen atoms in total. The summed E-state index contributed by atoms with van der Waals surface area (Å²) in [6.45, 7) is 3.74. The van der Waals surface area contributed by atoms with Gasteiger partial charge in [-0.1, -0.05) is 0 Å². The first-order chi connectivity index (χ1) is 7.86. The number of hydrogen-bond donors (Lipinski definition) is 1. The summed E-state index contributed by atoms with van der Waals surface area (Å²) in [7, 11) is 1.73. The summed E-state index contributed by atoms with van der Waals surface area (Å²) < 4.78 is 7.25. The monoisotopic (exact) mass is 242 g/mol. The minimum atomic E-state index is 0.772. The Morgan fingerprint density at radius 2 is 2.38 bits per heavy atom. The average molecular weight is 242 g/mol. The van der Waals surface area contributed by atoms with E-state index in [-0.39, 0.29) is 0 Å². The second kappa shape index (κ2) is 8.67. The Morgan fingerprint density at radius 3 is 3.12 bits per heavy atom. The van der Waals surface area contributed by atoms with Gasteiger partial charge in [0.05, 0.1) is 6.61 Å². The van der Waals surface area contributed by atoms with Crippen molar-refractivity contribution < 1.29 is 4.74 Å². The SMILES string of the molecule is COCCNCc1ccn(CCCSC)c1. The molecule has 0 aliphatic heterocycles. The second-order valence-electron chi connectivity index (χ2n) is 3.77. The number of rotatable bonds is 9. The van der Waals surface area contributed by atoms with Crippen LogP contribution in [0, 0.1) is 0 Å². The van der Waals surface area contributed by atoms with Crippen molar-refractivity contribution in [2.75, 3.05) is 32.3 Å². The van der Waals surface area contributed by atoms with Crippen molar-refractivity contribution in [1.29, 1.82) is 0 Å². The zero-order chi connectivity index (χ0) is 11.6. The molecule has 0 aliphatic rings. The lowest BCUT2D eigenvalue weighted by molar-refractivity contribution is 0.199. The zero-order valence-corrected chi connectivity index (χ0v) is 11.1. The van der Waals surface area contributed by atoms with Gasteiger partial charge in [-0.15, -0.1) is 0 Å². The van der Waals surface area contributed by atoms with Crippen molar-refractivity contribution in [3.05, 3.63) is 24.0 Å². The normalized spacial score (nSPS) is 10.9. The molecule has 1 aromatic rings. The molecule has 0 atom stereocenters. The molecular weight excluding hydrogens is 220 g/mol. The third kappa shape index (κ3) is 5.58. The van der Waals surface area contributed by atoms with E-state index in [1.54, 1.807) is 7.11 Å². The molecule has 1 rings (SSSR count). The molecule has 0 spiro atoms. The first-order valence-electron chi connectivity index (χ1n) is 5.70. The van der Waals surface area contributed by atoms with Gasteiger partial charge >= 0.3 is 0 Å². The maximum atomic E-state index is 4.98.